The number of hydrogen-bond acceptors (Lipinski definition) is 2. The molecule has 4 atom stereocenters. The molecule has 0 spiro atoms. The van der Waals surface area contributed by atoms with E-state index in [2.05, 4.69) is 0 Å². The van der Waals surface area contributed by atoms with E-state index in [1.165, 1.54) is 25.7 Å². The summed E-state index contributed by atoms with van der Waals surface area (Å²) in [5.41, 5.74) is 11.9. The van der Waals surface area contributed by atoms with Gasteiger partial charge in [-0.05, 0) is 37.5 Å². The fourth-order valence-corrected chi connectivity index (χ4v) is 2.53. The first-order valence-electron chi connectivity index (χ1n) is 4.28. The molecule has 3 aliphatic rings. The van der Waals surface area contributed by atoms with Gasteiger partial charge in [-0.3, -0.25) is 0 Å². The largest absolute Gasteiger partial charge is 0.327 e. The fourth-order valence-electron chi connectivity index (χ4n) is 2.53. The minimum atomic E-state index is 0.471. The third-order valence-electron chi connectivity index (χ3n) is 3.27. The van der Waals surface area contributed by atoms with Crippen molar-refractivity contribution >= 4 is 0 Å². The van der Waals surface area contributed by atoms with E-state index >= 15 is 0 Å². The Bertz CT molecular complexity index is 119. The molecule has 0 radical (unpaired) electrons. The van der Waals surface area contributed by atoms with Gasteiger partial charge in [0.25, 0.3) is 0 Å². The molecular weight excluding hydrogens is 124 g/mol. The zero-order valence-electron chi connectivity index (χ0n) is 6.29. The summed E-state index contributed by atoms with van der Waals surface area (Å²) >= 11 is 0. The van der Waals surface area contributed by atoms with Gasteiger partial charge in [0, 0.05) is 12.1 Å². The van der Waals surface area contributed by atoms with Crippen molar-refractivity contribution in [1.82, 2.24) is 0 Å². The maximum Gasteiger partial charge on any atom is 0.00709 e. The van der Waals surface area contributed by atoms with Gasteiger partial charge < -0.3 is 11.5 Å². The first-order chi connectivity index (χ1) is 4.77. The molecule has 0 heterocycles. The summed E-state index contributed by atoms with van der Waals surface area (Å²) in [6.45, 7) is 0. The lowest BCUT2D eigenvalue weighted by Crippen LogP contribution is -2.50. The lowest BCUT2D eigenvalue weighted by Gasteiger charge is -2.44. The maximum atomic E-state index is 5.93. The molecule has 0 aromatic carbocycles. The highest BCUT2D eigenvalue weighted by molar-refractivity contribution is 4.94. The van der Waals surface area contributed by atoms with Gasteiger partial charge >= 0.3 is 0 Å². The van der Waals surface area contributed by atoms with Gasteiger partial charge in [-0.25, -0.2) is 0 Å². The van der Waals surface area contributed by atoms with Crippen molar-refractivity contribution in [2.24, 2.45) is 23.3 Å². The molecule has 3 unspecified atom stereocenters. The second-order valence-electron chi connectivity index (χ2n) is 3.90. The van der Waals surface area contributed by atoms with E-state index < -0.39 is 0 Å². The third-order valence-corrected chi connectivity index (χ3v) is 3.27. The van der Waals surface area contributed by atoms with Gasteiger partial charge in [-0.15, -0.1) is 0 Å². The second-order valence-corrected chi connectivity index (χ2v) is 3.90. The molecule has 0 aromatic heterocycles. The van der Waals surface area contributed by atoms with Crippen LogP contribution < -0.4 is 11.5 Å². The Morgan fingerprint density at radius 2 is 1.20 bits per heavy atom. The van der Waals surface area contributed by atoms with Gasteiger partial charge in [-0.1, -0.05) is 0 Å². The summed E-state index contributed by atoms with van der Waals surface area (Å²) in [7, 11) is 0. The van der Waals surface area contributed by atoms with Crippen LogP contribution >= 0.6 is 0 Å². The van der Waals surface area contributed by atoms with Gasteiger partial charge in [0.05, 0.1) is 0 Å². The van der Waals surface area contributed by atoms with Crippen LogP contribution in [0.15, 0.2) is 0 Å². The van der Waals surface area contributed by atoms with Crippen LogP contribution in [0.5, 0.6) is 0 Å². The molecule has 10 heavy (non-hydrogen) atoms. The van der Waals surface area contributed by atoms with Gasteiger partial charge in [-0.2, -0.15) is 0 Å². The number of nitrogens with two attached hydrogens (primary N) is 2. The Morgan fingerprint density at radius 3 is 1.40 bits per heavy atom. The van der Waals surface area contributed by atoms with Crippen LogP contribution in [0.3, 0.4) is 0 Å². The molecule has 58 valence electrons. The van der Waals surface area contributed by atoms with Crippen molar-refractivity contribution in [3.63, 3.8) is 0 Å². The first-order valence-corrected chi connectivity index (χ1v) is 4.28. The quantitative estimate of drug-likeness (QED) is 0.513. The van der Waals surface area contributed by atoms with Crippen molar-refractivity contribution < 1.29 is 0 Å². The van der Waals surface area contributed by atoms with E-state index in [0.29, 0.717) is 12.1 Å². The lowest BCUT2D eigenvalue weighted by atomic mass is 9.66. The number of hydrogen-bond donors (Lipinski definition) is 2. The highest BCUT2D eigenvalue weighted by Crippen LogP contribution is 2.39. The Kier molecular flexibility index (Phi) is 1.46. The Balaban J connectivity index is 2.09. The molecule has 0 amide bonds. The number of fused-ring (bicyclic) bond motifs is 3. The molecule has 3 aliphatic carbocycles. The Morgan fingerprint density at radius 1 is 0.800 bits per heavy atom. The van der Waals surface area contributed by atoms with Crippen molar-refractivity contribution in [2.45, 2.75) is 37.8 Å². The van der Waals surface area contributed by atoms with Crippen molar-refractivity contribution in [3.8, 4) is 0 Å². The van der Waals surface area contributed by atoms with E-state index in [1.54, 1.807) is 0 Å². The third kappa shape index (κ3) is 0.867. The normalized spacial score (nSPS) is 53.4. The van der Waals surface area contributed by atoms with Crippen molar-refractivity contribution in [3.05, 3.63) is 0 Å². The summed E-state index contributed by atoms with van der Waals surface area (Å²) in [6.07, 6.45) is 5.04. The van der Waals surface area contributed by atoms with Crippen LogP contribution in [0.1, 0.15) is 25.7 Å². The van der Waals surface area contributed by atoms with Crippen LogP contribution in [0.4, 0.5) is 0 Å². The highest BCUT2D eigenvalue weighted by Gasteiger charge is 2.38. The summed E-state index contributed by atoms with van der Waals surface area (Å²) in [5.74, 6) is 1.50. The maximum absolute atomic E-state index is 5.93. The molecule has 2 heteroatoms. The molecule has 3 fully saturated rings. The van der Waals surface area contributed by atoms with Crippen LogP contribution in [0.25, 0.3) is 0 Å². The summed E-state index contributed by atoms with van der Waals surface area (Å²) in [5, 5.41) is 0. The average Bonchev–Trinajstić information content (AvgIpc) is 1.91. The van der Waals surface area contributed by atoms with E-state index in [1.807, 2.05) is 0 Å². The zero-order valence-corrected chi connectivity index (χ0v) is 6.29. The molecular formula is C8H16N2. The summed E-state index contributed by atoms with van der Waals surface area (Å²) in [4.78, 5) is 0. The van der Waals surface area contributed by atoms with Crippen molar-refractivity contribution in [2.75, 3.05) is 0 Å². The molecule has 2 bridgehead atoms. The molecule has 0 aromatic rings. The van der Waals surface area contributed by atoms with E-state index in [9.17, 15) is 0 Å². The van der Waals surface area contributed by atoms with Gasteiger partial charge in [0.15, 0.2) is 0 Å². The minimum absolute atomic E-state index is 0.471. The summed E-state index contributed by atoms with van der Waals surface area (Å²) in [6, 6.07) is 0.942. The second kappa shape index (κ2) is 2.21. The summed E-state index contributed by atoms with van der Waals surface area (Å²) < 4.78 is 0. The monoisotopic (exact) mass is 140 g/mol. The topological polar surface area (TPSA) is 52.0 Å². The van der Waals surface area contributed by atoms with E-state index in [-0.39, 0.29) is 0 Å². The zero-order chi connectivity index (χ0) is 7.14. The lowest BCUT2D eigenvalue weighted by molar-refractivity contribution is 0.122. The Labute approximate surface area is 62.0 Å². The first kappa shape index (κ1) is 6.62. The highest BCUT2D eigenvalue weighted by atomic mass is 14.8. The van der Waals surface area contributed by atoms with Crippen LogP contribution in [0.2, 0.25) is 0 Å². The SMILES string of the molecule is NC1C[C@@H]2CCC1CC2N. The van der Waals surface area contributed by atoms with Gasteiger partial charge in [0.2, 0.25) is 0 Å². The van der Waals surface area contributed by atoms with Crippen LogP contribution in [0, 0.1) is 11.8 Å². The smallest absolute Gasteiger partial charge is 0.00709 e. The molecule has 0 aliphatic heterocycles. The van der Waals surface area contributed by atoms with E-state index in [4.69, 9.17) is 11.5 Å². The molecule has 2 nitrogen and oxygen atoms in total. The van der Waals surface area contributed by atoms with Crippen LogP contribution in [-0.2, 0) is 0 Å². The average molecular weight is 140 g/mol. The predicted molar refractivity (Wildman–Crippen MR) is 41.4 cm³/mol. The molecule has 4 N–H and O–H groups in total. The van der Waals surface area contributed by atoms with E-state index in [0.717, 1.165) is 11.8 Å². The van der Waals surface area contributed by atoms with Crippen LogP contribution in [-0.4, -0.2) is 12.1 Å². The predicted octanol–water partition coefficient (Wildman–Crippen LogP) is 0.461. The Hall–Kier alpha value is -0.0800. The minimum Gasteiger partial charge on any atom is -0.327 e. The van der Waals surface area contributed by atoms with Gasteiger partial charge in [0.1, 0.15) is 0 Å². The van der Waals surface area contributed by atoms with Crippen molar-refractivity contribution in [1.29, 1.82) is 0 Å². The molecule has 3 rings (SSSR count). The molecule has 0 saturated heterocycles. The standard InChI is InChI=1S/C8H16N2/c9-7-4-6-2-1-5(7)3-8(6)10/h5-8H,1-4,9-10H2/t5-,6?,7?,8?/m0/s1. The number of rotatable bonds is 0. The molecule has 3 saturated carbocycles. The fraction of sp³-hybridized carbons (Fsp3) is 1.00.